The molecule has 112 valence electrons. The summed E-state index contributed by atoms with van der Waals surface area (Å²) in [6.07, 6.45) is 4.54. The second-order valence-corrected chi connectivity index (χ2v) is 7.18. The predicted octanol–water partition coefficient (Wildman–Crippen LogP) is 3.52. The van der Waals surface area contributed by atoms with Gasteiger partial charge in [0.2, 0.25) is 0 Å². The molecule has 0 saturated heterocycles. The molecule has 0 saturated carbocycles. The van der Waals surface area contributed by atoms with Gasteiger partial charge in [-0.2, -0.15) is 0 Å². The lowest BCUT2D eigenvalue weighted by atomic mass is 10.1. The monoisotopic (exact) mass is 303 g/mol. The lowest BCUT2D eigenvalue weighted by Gasteiger charge is -2.07. The van der Waals surface area contributed by atoms with Crippen molar-refractivity contribution in [2.24, 2.45) is 0 Å². The molecule has 0 aliphatic heterocycles. The zero-order valence-electron chi connectivity index (χ0n) is 12.2. The number of hydrogen-bond donors (Lipinski definition) is 1. The maximum absolute atomic E-state index is 11.4. The topological polar surface area (TPSA) is 46.2 Å². The Morgan fingerprint density at radius 3 is 2.19 bits per heavy atom. The van der Waals surface area contributed by atoms with Crippen LogP contribution in [0.15, 0.2) is 59.5 Å². The van der Waals surface area contributed by atoms with Crippen molar-refractivity contribution in [3.63, 3.8) is 0 Å². The van der Waals surface area contributed by atoms with Crippen molar-refractivity contribution >= 4 is 15.5 Å². The Balaban J connectivity index is 1.71. The molecule has 3 nitrogen and oxygen atoms in total. The molecule has 0 heterocycles. The second kappa shape index (κ2) is 7.27. The zero-order valence-corrected chi connectivity index (χ0v) is 13.1. The quantitative estimate of drug-likeness (QED) is 0.796. The van der Waals surface area contributed by atoms with Crippen LogP contribution in [-0.4, -0.2) is 21.2 Å². The van der Waals surface area contributed by atoms with E-state index in [2.05, 4.69) is 29.6 Å². The third kappa shape index (κ3) is 5.23. The number of sulfone groups is 1. The van der Waals surface area contributed by atoms with Crippen LogP contribution >= 0.6 is 0 Å². The summed E-state index contributed by atoms with van der Waals surface area (Å²) in [7, 11) is -3.11. The molecule has 0 fully saturated rings. The van der Waals surface area contributed by atoms with Gasteiger partial charge in [-0.3, -0.25) is 0 Å². The molecule has 0 amide bonds. The summed E-state index contributed by atoms with van der Waals surface area (Å²) in [6, 6.07) is 17.4. The van der Waals surface area contributed by atoms with Gasteiger partial charge in [0.1, 0.15) is 0 Å². The van der Waals surface area contributed by atoms with Crippen LogP contribution in [-0.2, 0) is 16.3 Å². The number of nitrogens with one attached hydrogen (secondary N) is 1. The lowest BCUT2D eigenvalue weighted by Crippen LogP contribution is -2.03. The fourth-order valence-electron chi connectivity index (χ4n) is 2.15. The molecule has 21 heavy (non-hydrogen) atoms. The van der Waals surface area contributed by atoms with E-state index in [-0.39, 0.29) is 0 Å². The maximum atomic E-state index is 11.4. The molecule has 0 atom stereocenters. The third-order valence-corrected chi connectivity index (χ3v) is 4.48. The Morgan fingerprint density at radius 1 is 0.905 bits per heavy atom. The van der Waals surface area contributed by atoms with Crippen molar-refractivity contribution in [3.05, 3.63) is 60.2 Å². The van der Waals surface area contributed by atoms with Crippen LogP contribution in [0.4, 0.5) is 5.69 Å². The molecule has 0 aliphatic rings. The van der Waals surface area contributed by atoms with Gasteiger partial charge >= 0.3 is 0 Å². The molecule has 2 aromatic carbocycles. The first-order chi connectivity index (χ1) is 10.1. The van der Waals surface area contributed by atoms with Gasteiger partial charge in [-0.1, -0.05) is 30.3 Å². The van der Waals surface area contributed by atoms with Crippen LogP contribution in [0.5, 0.6) is 0 Å². The van der Waals surface area contributed by atoms with E-state index in [4.69, 9.17) is 0 Å². The van der Waals surface area contributed by atoms with Crippen molar-refractivity contribution in [3.8, 4) is 0 Å². The van der Waals surface area contributed by atoms with Crippen LogP contribution in [0, 0.1) is 0 Å². The standard InChI is InChI=1S/C17H21NO2S/c1-21(19,20)17-12-10-16(11-13-17)18-14-6-5-9-15-7-3-2-4-8-15/h2-4,7-8,10-13,18H,5-6,9,14H2,1H3. The molecule has 0 spiro atoms. The molecule has 0 radical (unpaired) electrons. The Labute approximate surface area is 126 Å². The smallest absolute Gasteiger partial charge is 0.175 e. The molecular formula is C17H21NO2S. The van der Waals surface area contributed by atoms with Gasteiger partial charge in [-0.25, -0.2) is 8.42 Å². The van der Waals surface area contributed by atoms with Gasteiger partial charge in [0.25, 0.3) is 0 Å². The van der Waals surface area contributed by atoms with Gasteiger partial charge in [0.15, 0.2) is 9.84 Å². The van der Waals surface area contributed by atoms with Crippen molar-refractivity contribution in [1.82, 2.24) is 0 Å². The van der Waals surface area contributed by atoms with E-state index in [1.54, 1.807) is 12.1 Å². The molecular weight excluding hydrogens is 282 g/mol. The van der Waals surface area contributed by atoms with E-state index < -0.39 is 9.84 Å². The van der Waals surface area contributed by atoms with E-state index in [9.17, 15) is 8.42 Å². The summed E-state index contributed by atoms with van der Waals surface area (Å²) in [5.74, 6) is 0. The van der Waals surface area contributed by atoms with E-state index in [1.807, 2.05) is 18.2 Å². The summed E-state index contributed by atoms with van der Waals surface area (Å²) in [5.41, 5.74) is 2.33. The SMILES string of the molecule is CS(=O)(=O)c1ccc(NCCCCc2ccccc2)cc1. The first-order valence-corrected chi connectivity index (χ1v) is 9.03. The molecule has 0 aliphatic carbocycles. The number of rotatable bonds is 7. The molecule has 0 aromatic heterocycles. The molecule has 0 unspecified atom stereocenters. The van der Waals surface area contributed by atoms with Gasteiger partial charge in [-0.05, 0) is 49.1 Å². The Kier molecular flexibility index (Phi) is 5.39. The summed E-state index contributed by atoms with van der Waals surface area (Å²) in [6.45, 7) is 0.894. The predicted molar refractivity (Wildman–Crippen MR) is 87.4 cm³/mol. The molecule has 4 heteroatoms. The largest absolute Gasteiger partial charge is 0.385 e. The molecule has 2 rings (SSSR count). The molecule has 0 bridgehead atoms. The third-order valence-electron chi connectivity index (χ3n) is 3.35. The Morgan fingerprint density at radius 2 is 1.57 bits per heavy atom. The highest BCUT2D eigenvalue weighted by molar-refractivity contribution is 7.90. The first-order valence-electron chi connectivity index (χ1n) is 7.13. The number of aryl methyl sites for hydroxylation is 1. The van der Waals surface area contributed by atoms with Crippen molar-refractivity contribution < 1.29 is 8.42 Å². The average Bonchev–Trinajstić information content (AvgIpc) is 2.47. The number of benzene rings is 2. The second-order valence-electron chi connectivity index (χ2n) is 5.17. The van der Waals surface area contributed by atoms with Crippen molar-refractivity contribution in [2.75, 3.05) is 18.1 Å². The zero-order chi connectivity index (χ0) is 15.1. The molecule has 1 N–H and O–H groups in total. The van der Waals surface area contributed by atoms with Gasteiger partial charge < -0.3 is 5.32 Å². The number of hydrogen-bond acceptors (Lipinski definition) is 3. The Hall–Kier alpha value is -1.81. The normalized spacial score (nSPS) is 11.3. The van der Waals surface area contributed by atoms with Crippen LogP contribution in [0.1, 0.15) is 18.4 Å². The minimum absolute atomic E-state index is 0.358. The summed E-state index contributed by atoms with van der Waals surface area (Å²) < 4.78 is 22.7. The Bertz CT molecular complexity index is 649. The van der Waals surface area contributed by atoms with E-state index in [0.717, 1.165) is 31.5 Å². The minimum Gasteiger partial charge on any atom is -0.385 e. The van der Waals surface area contributed by atoms with Crippen LogP contribution < -0.4 is 5.32 Å². The maximum Gasteiger partial charge on any atom is 0.175 e. The van der Waals surface area contributed by atoms with E-state index >= 15 is 0 Å². The van der Waals surface area contributed by atoms with E-state index in [1.165, 1.54) is 11.8 Å². The highest BCUT2D eigenvalue weighted by atomic mass is 32.2. The average molecular weight is 303 g/mol. The number of unbranched alkanes of at least 4 members (excludes halogenated alkanes) is 1. The van der Waals surface area contributed by atoms with Crippen molar-refractivity contribution in [2.45, 2.75) is 24.2 Å². The lowest BCUT2D eigenvalue weighted by molar-refractivity contribution is 0.602. The first kappa shape index (κ1) is 15.6. The van der Waals surface area contributed by atoms with Crippen molar-refractivity contribution in [1.29, 1.82) is 0 Å². The molecule has 2 aromatic rings. The van der Waals surface area contributed by atoms with Crippen LogP contribution in [0.3, 0.4) is 0 Å². The minimum atomic E-state index is -3.11. The summed E-state index contributed by atoms with van der Waals surface area (Å²) in [5, 5.41) is 3.31. The van der Waals surface area contributed by atoms with E-state index in [0.29, 0.717) is 4.90 Å². The van der Waals surface area contributed by atoms with Gasteiger partial charge in [-0.15, -0.1) is 0 Å². The van der Waals surface area contributed by atoms with Crippen LogP contribution in [0.2, 0.25) is 0 Å². The fraction of sp³-hybridized carbons (Fsp3) is 0.294. The van der Waals surface area contributed by atoms with Crippen LogP contribution in [0.25, 0.3) is 0 Å². The number of anilines is 1. The highest BCUT2D eigenvalue weighted by Crippen LogP contribution is 2.14. The summed E-state index contributed by atoms with van der Waals surface area (Å²) >= 11 is 0. The highest BCUT2D eigenvalue weighted by Gasteiger charge is 2.05. The summed E-state index contributed by atoms with van der Waals surface area (Å²) in [4.78, 5) is 0.358. The van der Waals surface area contributed by atoms with Gasteiger partial charge in [0.05, 0.1) is 4.90 Å². The fourth-order valence-corrected chi connectivity index (χ4v) is 2.78. The van der Waals surface area contributed by atoms with Gasteiger partial charge in [0, 0.05) is 18.5 Å².